The molecule has 7 heteroatoms. The molecule has 23 heavy (non-hydrogen) atoms. The fraction of sp³-hybridized carbons (Fsp3) is 0.500. The third-order valence-corrected chi connectivity index (χ3v) is 7.77. The van der Waals surface area contributed by atoms with Gasteiger partial charge in [0.25, 0.3) is 5.91 Å². The Morgan fingerprint density at radius 2 is 2.17 bits per heavy atom. The van der Waals surface area contributed by atoms with Gasteiger partial charge in [0.05, 0.1) is 9.09 Å². The van der Waals surface area contributed by atoms with Crippen LogP contribution in [0.5, 0.6) is 0 Å². The van der Waals surface area contributed by atoms with E-state index in [-0.39, 0.29) is 5.91 Å². The van der Waals surface area contributed by atoms with E-state index in [2.05, 4.69) is 22.1 Å². The molecule has 1 amide bonds. The Bertz CT molecular complexity index is 703. The maximum absolute atomic E-state index is 12.5. The Balaban J connectivity index is 1.39. The molecule has 0 aliphatic carbocycles. The molecule has 0 spiro atoms. The smallest absolute Gasteiger partial charge is 0.261 e. The zero-order chi connectivity index (χ0) is 15.8. The van der Waals surface area contributed by atoms with Crippen LogP contribution in [0.25, 0.3) is 0 Å². The molecule has 3 aliphatic heterocycles. The van der Waals surface area contributed by atoms with Crippen LogP contribution in [-0.2, 0) is 0 Å². The van der Waals surface area contributed by atoms with Gasteiger partial charge in [0.2, 0.25) is 0 Å². The topological polar surface area (TPSA) is 45.2 Å². The lowest BCUT2D eigenvalue weighted by atomic mass is 9.84. The number of piperidine rings is 3. The van der Waals surface area contributed by atoms with Crippen LogP contribution in [0.3, 0.4) is 0 Å². The zero-order valence-corrected chi connectivity index (χ0v) is 15.4. The van der Waals surface area contributed by atoms with E-state index in [1.165, 1.54) is 30.8 Å². The van der Waals surface area contributed by atoms with Gasteiger partial charge >= 0.3 is 0 Å². The number of amides is 1. The van der Waals surface area contributed by atoms with Crippen LogP contribution < -0.4 is 5.32 Å². The van der Waals surface area contributed by atoms with Crippen LogP contribution in [0.4, 0.5) is 0 Å². The predicted molar refractivity (Wildman–Crippen MR) is 95.7 cm³/mol. The van der Waals surface area contributed by atoms with Crippen LogP contribution in [0, 0.1) is 12.8 Å². The molecule has 4 nitrogen and oxygen atoms in total. The Morgan fingerprint density at radius 3 is 2.83 bits per heavy atom. The molecule has 2 aromatic heterocycles. The van der Waals surface area contributed by atoms with Gasteiger partial charge in [-0.2, -0.15) is 0 Å². The van der Waals surface area contributed by atoms with Gasteiger partial charge in [-0.1, -0.05) is 0 Å². The van der Waals surface area contributed by atoms with Gasteiger partial charge in [0.15, 0.2) is 4.34 Å². The number of hydrogen-bond acceptors (Lipinski definition) is 6. The summed E-state index contributed by atoms with van der Waals surface area (Å²) in [5, 5.41) is 3.26. The summed E-state index contributed by atoms with van der Waals surface area (Å²) in [5.41, 5.74) is 0. The number of carbonyl (C=O) groups is 1. The molecule has 2 aromatic rings. The summed E-state index contributed by atoms with van der Waals surface area (Å²) in [6, 6.07) is 4.28. The number of nitrogens with zero attached hydrogens (tertiary/aromatic N) is 2. The first-order chi connectivity index (χ1) is 11.2. The Kier molecular flexibility index (Phi) is 4.45. The van der Waals surface area contributed by atoms with Gasteiger partial charge in [-0.05, 0) is 62.7 Å². The molecule has 0 saturated carbocycles. The van der Waals surface area contributed by atoms with E-state index in [9.17, 15) is 4.79 Å². The van der Waals surface area contributed by atoms with E-state index < -0.39 is 0 Å². The van der Waals surface area contributed by atoms with Gasteiger partial charge in [-0.25, -0.2) is 4.98 Å². The summed E-state index contributed by atoms with van der Waals surface area (Å²) in [5.74, 6) is 0.743. The monoisotopic (exact) mass is 365 g/mol. The average molecular weight is 366 g/mol. The number of aromatic nitrogens is 1. The van der Waals surface area contributed by atoms with Crippen molar-refractivity contribution in [3.05, 3.63) is 28.1 Å². The van der Waals surface area contributed by atoms with Crippen molar-refractivity contribution in [1.29, 1.82) is 0 Å². The summed E-state index contributed by atoms with van der Waals surface area (Å²) in [6.07, 6.45) is 4.33. The predicted octanol–water partition coefficient (Wildman–Crippen LogP) is 3.49. The number of thiazole rings is 1. The van der Waals surface area contributed by atoms with E-state index in [0.717, 1.165) is 20.0 Å². The minimum atomic E-state index is 0.0796. The number of aryl methyl sites for hydroxylation is 1. The lowest BCUT2D eigenvalue weighted by molar-refractivity contribution is 0.0622. The van der Waals surface area contributed by atoms with Crippen molar-refractivity contribution in [2.75, 3.05) is 19.6 Å². The molecule has 0 unspecified atom stereocenters. The average Bonchev–Trinajstić information content (AvgIpc) is 3.18. The van der Waals surface area contributed by atoms with E-state index in [4.69, 9.17) is 0 Å². The van der Waals surface area contributed by atoms with Crippen LogP contribution in [-0.4, -0.2) is 41.5 Å². The van der Waals surface area contributed by atoms with E-state index in [1.807, 2.05) is 18.3 Å². The fourth-order valence-corrected chi connectivity index (χ4v) is 6.53. The first kappa shape index (κ1) is 15.6. The number of thiophene rings is 1. The maximum atomic E-state index is 12.5. The van der Waals surface area contributed by atoms with Gasteiger partial charge in [0.1, 0.15) is 0 Å². The van der Waals surface area contributed by atoms with Crippen molar-refractivity contribution in [3.8, 4) is 0 Å². The van der Waals surface area contributed by atoms with Crippen molar-refractivity contribution in [2.24, 2.45) is 5.92 Å². The van der Waals surface area contributed by atoms with Crippen molar-refractivity contribution in [2.45, 2.75) is 34.4 Å². The summed E-state index contributed by atoms with van der Waals surface area (Å²) in [4.78, 5) is 21.4. The lowest BCUT2D eigenvalue weighted by Gasteiger charge is -2.44. The second kappa shape index (κ2) is 6.55. The standard InChI is InChI=1S/C16H19N3OS3/c1-10-8-17-16(21-10)23-14-3-2-13(22-14)15(20)18-12-9-19-6-4-11(12)5-7-19/h2-3,8,11-12H,4-7,9H2,1H3,(H,18,20)/t12-/m0/s1. The SMILES string of the molecule is Cc1cnc(Sc2ccc(C(=O)N[C@H]3CN4CCC3CC4)s2)s1. The number of rotatable bonds is 4. The lowest BCUT2D eigenvalue weighted by Crippen LogP contribution is -2.57. The number of nitrogens with one attached hydrogen (secondary N) is 1. The Hall–Kier alpha value is -0.890. The van der Waals surface area contributed by atoms with Crippen LogP contribution in [0.1, 0.15) is 27.4 Å². The minimum absolute atomic E-state index is 0.0796. The van der Waals surface area contributed by atoms with Crippen molar-refractivity contribution < 1.29 is 4.79 Å². The zero-order valence-electron chi connectivity index (χ0n) is 12.9. The van der Waals surface area contributed by atoms with Crippen molar-refractivity contribution in [1.82, 2.24) is 15.2 Å². The maximum Gasteiger partial charge on any atom is 0.261 e. The van der Waals surface area contributed by atoms with E-state index in [0.29, 0.717) is 12.0 Å². The highest BCUT2D eigenvalue weighted by Crippen LogP contribution is 2.35. The first-order valence-electron chi connectivity index (χ1n) is 7.91. The second-order valence-electron chi connectivity index (χ2n) is 6.18. The molecular weight excluding hydrogens is 346 g/mol. The van der Waals surface area contributed by atoms with Crippen LogP contribution in [0.2, 0.25) is 0 Å². The number of hydrogen-bond donors (Lipinski definition) is 1. The summed E-state index contributed by atoms with van der Waals surface area (Å²) in [6.45, 7) is 5.47. The summed E-state index contributed by atoms with van der Waals surface area (Å²) >= 11 is 4.89. The number of carbonyl (C=O) groups excluding carboxylic acids is 1. The molecule has 5 heterocycles. The third kappa shape index (κ3) is 3.47. The molecule has 2 bridgehead atoms. The normalized spacial score (nSPS) is 26.4. The molecule has 1 N–H and O–H groups in total. The molecule has 5 rings (SSSR count). The Labute approximate surface area is 148 Å². The molecule has 3 saturated heterocycles. The number of fused-ring (bicyclic) bond motifs is 3. The van der Waals surface area contributed by atoms with Gasteiger partial charge < -0.3 is 10.2 Å². The molecule has 3 fully saturated rings. The highest BCUT2D eigenvalue weighted by molar-refractivity contribution is 8.02. The molecule has 122 valence electrons. The third-order valence-electron chi connectivity index (χ3n) is 4.57. The molecule has 1 atom stereocenters. The molecule has 0 radical (unpaired) electrons. The van der Waals surface area contributed by atoms with Gasteiger partial charge in [-0.15, -0.1) is 22.7 Å². The van der Waals surface area contributed by atoms with Crippen LogP contribution >= 0.6 is 34.4 Å². The summed E-state index contributed by atoms with van der Waals surface area (Å²) < 4.78 is 2.16. The highest BCUT2D eigenvalue weighted by Gasteiger charge is 2.35. The molecule has 0 aromatic carbocycles. The van der Waals surface area contributed by atoms with Crippen molar-refractivity contribution >= 4 is 40.3 Å². The summed E-state index contributed by atoms with van der Waals surface area (Å²) in [7, 11) is 0. The first-order valence-corrected chi connectivity index (χ1v) is 10.4. The van der Waals surface area contributed by atoms with E-state index >= 15 is 0 Å². The van der Waals surface area contributed by atoms with Gasteiger partial charge in [0, 0.05) is 23.7 Å². The van der Waals surface area contributed by atoms with Crippen molar-refractivity contribution in [3.63, 3.8) is 0 Å². The van der Waals surface area contributed by atoms with Crippen LogP contribution in [0.15, 0.2) is 26.9 Å². The fourth-order valence-electron chi connectivity index (χ4n) is 3.33. The van der Waals surface area contributed by atoms with E-state index in [1.54, 1.807) is 34.4 Å². The molecular formula is C16H19N3OS3. The van der Waals surface area contributed by atoms with Gasteiger partial charge in [-0.3, -0.25) is 4.79 Å². The molecule has 3 aliphatic rings. The highest BCUT2D eigenvalue weighted by atomic mass is 32.2. The largest absolute Gasteiger partial charge is 0.347 e. The quantitative estimate of drug-likeness (QED) is 0.901. The Morgan fingerprint density at radius 1 is 1.35 bits per heavy atom. The second-order valence-corrected chi connectivity index (χ2v) is 10.0. The minimum Gasteiger partial charge on any atom is -0.347 e.